The third-order valence-electron chi connectivity index (χ3n) is 28.6. The van der Waals surface area contributed by atoms with Crippen molar-refractivity contribution in [2.45, 2.75) is 269 Å². The Labute approximate surface area is 716 Å². The van der Waals surface area contributed by atoms with E-state index in [1.165, 1.54) is 6.20 Å². The summed E-state index contributed by atoms with van der Waals surface area (Å²) in [6.07, 6.45) is 37.7. The van der Waals surface area contributed by atoms with Crippen LogP contribution in [0.15, 0.2) is 160 Å². The molecule has 646 valence electrons. The molecule has 0 radical (unpaired) electrons. The smallest absolute Gasteiger partial charge is 0.262 e. The molecule has 8 aliphatic rings. The van der Waals surface area contributed by atoms with E-state index in [1.54, 1.807) is 44.0 Å². The number of halogens is 6. The Balaban J connectivity index is 0.000000102. The number of pyridine rings is 4. The number of fused-ring (bicyclic) bond motifs is 8. The monoisotopic (exact) mass is 1720 g/mol. The fourth-order valence-corrected chi connectivity index (χ4v) is 20.6. The molecule has 8 aliphatic carbocycles. The molecule has 0 saturated heterocycles. The number of H-pyrrole nitrogens is 4. The summed E-state index contributed by atoms with van der Waals surface area (Å²) < 4.78 is 85.2. The van der Waals surface area contributed by atoms with Crippen molar-refractivity contribution in [2.75, 3.05) is 0 Å². The number of nitrogens with zero attached hydrogens (tertiary/aromatic N) is 20. The molecule has 125 heavy (non-hydrogen) atoms. The molecule has 28 nitrogen and oxygen atoms in total. The quantitative estimate of drug-likeness (QED) is 0.0826. The van der Waals surface area contributed by atoms with E-state index < -0.39 is 22.9 Å². The molecule has 24 rings (SSSR count). The summed E-state index contributed by atoms with van der Waals surface area (Å²) in [6, 6.07) is 21.6. The predicted molar refractivity (Wildman–Crippen MR) is 461 cm³/mol. The lowest BCUT2D eigenvalue weighted by Gasteiger charge is -2.34. The number of nitrogens with one attached hydrogen (secondary N) is 4. The lowest BCUT2D eigenvalue weighted by Crippen LogP contribution is -2.29. The second kappa shape index (κ2) is 31.3. The molecule has 0 spiro atoms. The maximum Gasteiger partial charge on any atom is 0.262 e. The minimum Gasteiger partial charge on any atom is -0.310 e. The van der Waals surface area contributed by atoms with Crippen molar-refractivity contribution in [1.82, 2.24) is 117 Å². The highest BCUT2D eigenvalue weighted by atomic mass is 35.5. The van der Waals surface area contributed by atoms with Crippen LogP contribution < -0.4 is 22.2 Å². The molecule has 4 unspecified atom stereocenters. The van der Waals surface area contributed by atoms with Gasteiger partial charge in [0.2, 0.25) is 5.92 Å². The van der Waals surface area contributed by atoms with Gasteiger partial charge in [-0.15, -0.1) is 0 Å². The molecule has 4 N–H and O–H groups in total. The van der Waals surface area contributed by atoms with E-state index in [4.69, 9.17) is 51.5 Å². The molecule has 8 saturated carbocycles. The number of aromatic amines is 4. The number of rotatable bonds is 12. The highest BCUT2D eigenvalue weighted by Gasteiger charge is 2.44. The van der Waals surface area contributed by atoms with E-state index in [9.17, 15) is 41.1 Å². The summed E-state index contributed by atoms with van der Waals surface area (Å²) in [5.41, 5.74) is 5.89. The first-order valence-corrected chi connectivity index (χ1v) is 44.5. The molecule has 0 aliphatic heterocycles. The summed E-state index contributed by atoms with van der Waals surface area (Å²) in [5, 5.41) is 20.3. The summed E-state index contributed by atoms with van der Waals surface area (Å²) in [4.78, 5) is 102. The summed E-state index contributed by atoms with van der Waals surface area (Å²) in [7, 11) is 0. The molecule has 0 amide bonds. The van der Waals surface area contributed by atoms with Crippen molar-refractivity contribution >= 4 is 78.3 Å². The Morgan fingerprint density at radius 2 is 0.576 bits per heavy atom. The van der Waals surface area contributed by atoms with Gasteiger partial charge in [-0.2, -0.15) is 20.4 Å². The zero-order valence-electron chi connectivity index (χ0n) is 69.5. The van der Waals surface area contributed by atoms with Gasteiger partial charge in [0.05, 0.1) is 71.7 Å². The first-order chi connectivity index (χ1) is 60.3. The van der Waals surface area contributed by atoms with Crippen molar-refractivity contribution in [3.63, 3.8) is 0 Å². The van der Waals surface area contributed by atoms with Gasteiger partial charge in [-0.1, -0.05) is 29.8 Å². The minimum atomic E-state index is -2.61. The van der Waals surface area contributed by atoms with Gasteiger partial charge < -0.3 is 37.5 Å². The van der Waals surface area contributed by atoms with Gasteiger partial charge in [0.1, 0.15) is 84.4 Å². The van der Waals surface area contributed by atoms with E-state index in [1.807, 2.05) is 136 Å². The molecule has 16 heterocycles. The first-order valence-electron chi connectivity index (χ1n) is 44.1. The van der Waals surface area contributed by atoms with Crippen LogP contribution in [0.1, 0.15) is 292 Å². The second-order valence-electron chi connectivity index (χ2n) is 37.0. The van der Waals surface area contributed by atoms with Crippen LogP contribution in [0.25, 0.3) is 66.7 Å². The molecule has 16 aromatic rings. The summed E-state index contributed by atoms with van der Waals surface area (Å²) in [5.74, 6) is 1.39. The average Bonchev–Trinajstić information content (AvgIpc) is 1.66. The van der Waals surface area contributed by atoms with Crippen LogP contribution >= 0.6 is 11.6 Å². The van der Waals surface area contributed by atoms with E-state index in [0.29, 0.717) is 162 Å². The van der Waals surface area contributed by atoms with Gasteiger partial charge in [0, 0.05) is 115 Å². The Kier molecular flexibility index (Phi) is 20.1. The Hall–Kier alpha value is -11.9. The Morgan fingerprint density at radius 3 is 0.840 bits per heavy atom. The van der Waals surface area contributed by atoms with Crippen molar-refractivity contribution in [2.24, 2.45) is 0 Å². The standard InChI is InChI=1S/C23H24ClFN6O.2C23H25FN6O.C22H22F2N6O/c1-23(25)7-4-14(5-8-23)31-21-17(11-26-31)22(32)29-20(28-21)16-3-2-15(16)18-12-30-9-6-13(24)10-19(30)27-18;2*1-23(24)9-7-14(8-10-23)30-21-17(12-25-30)22(31)28-20(27-21)16-6-5-15(16)18-13-29-11-3-2-4-19(29)26-18;23-22(24)8-6-13(7-9-22)30-20-16(11-25-30)21(31)28-19(27-20)15-5-4-14(15)17-12-29-10-2-1-3-18(29)26-17/h6,9-12,14-16H,2-5,7-8H2,1H3,(H,28,29,32);2*2-4,11-16H,5-10H2,1H3,(H,27,28,31);1-3,10-15H,4-9H2,(H,27,28,31)/t;14?,15-,16-,23?;;14-,15-/m.1.0/s1. The zero-order valence-corrected chi connectivity index (χ0v) is 70.3. The van der Waals surface area contributed by atoms with Crippen molar-refractivity contribution in [3.8, 4) is 0 Å². The van der Waals surface area contributed by atoms with E-state index >= 15 is 0 Å². The van der Waals surface area contributed by atoms with Crippen LogP contribution in [0.2, 0.25) is 5.02 Å². The molecular formula is C91H96ClF5N24O4. The number of hydrogen-bond donors (Lipinski definition) is 4. The number of aromatic nitrogens is 24. The molecule has 16 aromatic heterocycles. The summed E-state index contributed by atoms with van der Waals surface area (Å²) in [6.45, 7) is 5.00. The lowest BCUT2D eigenvalue weighted by molar-refractivity contribution is -0.0446. The minimum absolute atomic E-state index is 0.0684. The van der Waals surface area contributed by atoms with E-state index in [2.05, 4.69) is 52.7 Å². The molecule has 0 aromatic carbocycles. The lowest BCUT2D eigenvalue weighted by atomic mass is 9.71. The predicted octanol–water partition coefficient (Wildman–Crippen LogP) is 17.6. The molecular weight excluding hydrogens is 1620 g/mol. The van der Waals surface area contributed by atoms with Gasteiger partial charge in [0.15, 0.2) is 22.6 Å². The van der Waals surface area contributed by atoms with Crippen LogP contribution in [0, 0.1) is 0 Å². The fourth-order valence-electron chi connectivity index (χ4n) is 20.5. The first kappa shape index (κ1) is 80.2. The van der Waals surface area contributed by atoms with Crippen LogP contribution in [0.3, 0.4) is 0 Å². The SMILES string of the molecule is CC1(F)CCC(n2ncc3c(=O)[nH]c(C4CCC4c4cn5ccc(Cl)cc5n4)nc32)CC1.CC1(F)CCC(n2ncc3c(=O)[nH]c(C4CCC4c4cn5ccccc5n4)nc32)CC1.CC1(F)CCC(n2ncc3c(=O)[nH]c([C@@H]4CC[C@H]4c4cn5ccccc5n4)nc32)CC1.O=c1[nH]c([C@H]2CC[C@@H]2c2cn3ccccc3n2)nc2c1cnn2C1CCC(F)(F)CC1. The maximum atomic E-state index is 14.3. The third-order valence-corrected chi connectivity index (χ3v) is 28.8. The number of hydrogen-bond acceptors (Lipinski definition) is 16. The van der Waals surface area contributed by atoms with E-state index in [-0.39, 0.29) is 107 Å². The second-order valence-corrected chi connectivity index (χ2v) is 37.4. The van der Waals surface area contributed by atoms with Crippen molar-refractivity contribution in [1.29, 1.82) is 0 Å². The van der Waals surface area contributed by atoms with Crippen molar-refractivity contribution in [3.05, 3.63) is 234 Å². The molecule has 34 heteroatoms. The molecule has 8 fully saturated rings. The van der Waals surface area contributed by atoms with Crippen LogP contribution in [0.5, 0.6) is 0 Å². The van der Waals surface area contributed by atoms with Gasteiger partial charge in [-0.3, -0.25) is 19.2 Å². The topological polar surface area (TPSA) is 323 Å². The Morgan fingerprint density at radius 1 is 0.320 bits per heavy atom. The van der Waals surface area contributed by atoms with Crippen LogP contribution in [0.4, 0.5) is 22.0 Å². The van der Waals surface area contributed by atoms with Crippen molar-refractivity contribution < 1.29 is 22.0 Å². The maximum absolute atomic E-state index is 14.3. The van der Waals surface area contributed by atoms with Gasteiger partial charge in [-0.25, -0.2) is 80.6 Å². The highest BCUT2D eigenvalue weighted by Crippen LogP contribution is 2.53. The van der Waals surface area contributed by atoms with Crippen LogP contribution in [-0.4, -0.2) is 139 Å². The fraction of sp³-hybridized carbons (Fsp3) is 0.473. The third kappa shape index (κ3) is 15.3. The highest BCUT2D eigenvalue weighted by molar-refractivity contribution is 6.30. The van der Waals surface area contributed by atoms with E-state index in [0.717, 1.165) is 96.7 Å². The van der Waals surface area contributed by atoms with Crippen LogP contribution in [-0.2, 0) is 0 Å². The molecule has 0 bridgehead atoms. The van der Waals surface area contributed by atoms with Gasteiger partial charge in [0.25, 0.3) is 22.2 Å². The summed E-state index contributed by atoms with van der Waals surface area (Å²) >= 11 is 6.10. The van der Waals surface area contributed by atoms with Gasteiger partial charge in [-0.05, 0) is 211 Å². The normalized spacial score (nSPS) is 27.4. The number of alkyl halides is 5. The van der Waals surface area contributed by atoms with Gasteiger partial charge >= 0.3 is 0 Å². The largest absolute Gasteiger partial charge is 0.310 e. The Bertz CT molecular complexity index is 6430. The zero-order chi connectivity index (χ0) is 85.5. The number of imidazole rings is 4. The molecule has 8 atom stereocenters. The average molecular weight is 1720 g/mol.